The highest BCUT2D eigenvalue weighted by atomic mass is 32.1. The highest BCUT2D eigenvalue weighted by Crippen LogP contribution is 2.39. The fraction of sp³-hybridized carbons (Fsp3) is 0.138. The number of aromatic amines is 4. The number of aromatic nitrogens is 17. The molecule has 1 saturated heterocycles. The molecule has 1 unspecified atom stereocenters. The fourth-order valence-electron chi connectivity index (χ4n) is 15.1. The summed E-state index contributed by atoms with van der Waals surface area (Å²) >= 11 is 6.53. The van der Waals surface area contributed by atoms with Gasteiger partial charge in [0.15, 0.2) is 23.3 Å². The number of benzene rings is 7. The molecule has 1 aliphatic heterocycles. The number of nitrogens with zero attached hydrogens (tertiary/aromatic N) is 15. The van der Waals surface area contributed by atoms with E-state index in [1.165, 1.54) is 34.4 Å². The van der Waals surface area contributed by atoms with Gasteiger partial charge in [-0.15, -0.1) is 45.3 Å². The number of anilines is 15. The smallest absolute Gasteiger partial charge is 0.229 e. The van der Waals surface area contributed by atoms with Crippen LogP contribution in [0.15, 0.2) is 241 Å². The minimum Gasteiger partial charge on any atom is -0.369 e. The van der Waals surface area contributed by atoms with E-state index in [1.54, 1.807) is 63.9 Å². The zero-order chi connectivity index (χ0) is 78.7. The third-order valence-corrected chi connectivity index (χ3v) is 24.7. The number of thiophene rings is 4. The lowest BCUT2D eigenvalue weighted by atomic mass is 9.88. The van der Waals surface area contributed by atoms with Crippen LogP contribution in [0.2, 0.25) is 0 Å². The van der Waals surface area contributed by atoms with Crippen molar-refractivity contribution in [1.82, 2.24) is 90.5 Å². The van der Waals surface area contributed by atoms with E-state index < -0.39 is 0 Å². The van der Waals surface area contributed by atoms with Crippen molar-refractivity contribution in [2.45, 2.75) is 44.2 Å². The van der Waals surface area contributed by atoms with Crippen molar-refractivity contribution >= 4 is 217 Å². The number of hydrogen-bond acceptors (Lipinski definition) is 27. The lowest BCUT2D eigenvalue weighted by molar-refractivity contribution is 0.313. The van der Waals surface area contributed by atoms with Crippen LogP contribution in [0.1, 0.15) is 41.1 Å². The van der Waals surface area contributed by atoms with Crippen LogP contribution in [0.3, 0.4) is 0 Å². The van der Waals surface area contributed by atoms with Crippen LogP contribution in [0.4, 0.5) is 86.9 Å². The molecule has 1 atom stereocenters. The second-order valence-corrected chi connectivity index (χ2v) is 32.6. The summed E-state index contributed by atoms with van der Waals surface area (Å²) in [4.78, 5) is 46.8. The van der Waals surface area contributed by atoms with Crippen molar-refractivity contribution in [1.29, 1.82) is 0 Å². The van der Waals surface area contributed by atoms with E-state index in [0.717, 1.165) is 194 Å². The second-order valence-electron chi connectivity index (χ2n) is 28.9. The van der Waals surface area contributed by atoms with E-state index in [2.05, 4.69) is 217 Å². The number of piperazine rings is 1. The van der Waals surface area contributed by atoms with Gasteiger partial charge in [0.2, 0.25) is 23.8 Å². The van der Waals surface area contributed by atoms with Gasteiger partial charge >= 0.3 is 0 Å². The van der Waals surface area contributed by atoms with Crippen LogP contribution in [0.5, 0.6) is 0 Å². The van der Waals surface area contributed by atoms with Gasteiger partial charge in [-0.3, -0.25) is 25.4 Å². The molecule has 23 rings (SSSR count). The predicted molar refractivity (Wildman–Crippen MR) is 481 cm³/mol. The second kappa shape index (κ2) is 32.6. The van der Waals surface area contributed by atoms with Crippen LogP contribution in [-0.2, 0) is 19.3 Å². The van der Waals surface area contributed by atoms with Gasteiger partial charge in [0.05, 0.1) is 93.8 Å². The molecule has 12 N–H and O–H groups in total. The molecule has 0 bridgehead atoms. The number of nitrogens with one attached hydrogen (secondary N) is 12. The number of aryl methyl sites for hydroxylation is 1. The maximum atomic E-state index is 4.86. The van der Waals surface area contributed by atoms with Crippen LogP contribution in [-0.4, -0.2) is 130 Å². The van der Waals surface area contributed by atoms with Crippen molar-refractivity contribution in [2.24, 2.45) is 0 Å². The Balaban J connectivity index is 0.000000101. The van der Waals surface area contributed by atoms with Gasteiger partial charge in [0.25, 0.3) is 0 Å². The van der Waals surface area contributed by atoms with Crippen molar-refractivity contribution in [2.75, 3.05) is 80.7 Å². The van der Waals surface area contributed by atoms with E-state index >= 15 is 0 Å². The topological polar surface area (TPSA) is 333 Å². The fourth-order valence-corrected chi connectivity index (χ4v) is 18.2. The number of likely N-dealkylation sites (N-methyl/N-ethyl adjacent to an activating group) is 1. The van der Waals surface area contributed by atoms with Crippen LogP contribution in [0, 0.1) is 0 Å². The summed E-state index contributed by atoms with van der Waals surface area (Å²) in [5, 5.41) is 68.2. The van der Waals surface area contributed by atoms with Gasteiger partial charge < -0.3 is 52.3 Å². The minimum atomic E-state index is 0.237. The SMILES string of the molecule is CN1CCN(c2ccc(Nc3nc(Nc4ccc5[nH]ncc5c4)c4sccc4n3)cc2)CC1.c1cc(Nc2nc(Nc3ccc4[nH]ncc4c3)c3sccc3n2)ccn1.c1ccc2c(c1)CC(Nc1nc(Nc3ccc4[nH]ncc4c3)c3sccc3n1)C2.c1ccc2c(c1)CCCC2Nc1nc(Nc2ccc3[nH]ncc3c2)c2sccc2n1. The maximum Gasteiger partial charge on any atom is 0.229 e. The normalized spacial score (nSPS) is 14.0. The maximum absolute atomic E-state index is 4.86. The number of H-pyrrole nitrogens is 4. The molecule has 0 saturated carbocycles. The van der Waals surface area contributed by atoms with Crippen molar-refractivity contribution in [3.8, 4) is 0 Å². The zero-order valence-electron chi connectivity index (χ0n) is 63.5. The number of hydrogen-bond donors (Lipinski definition) is 12. The summed E-state index contributed by atoms with van der Waals surface area (Å²) in [6.07, 6.45) is 16.1. The zero-order valence-corrected chi connectivity index (χ0v) is 66.7. The number of fused-ring (bicyclic) bond motifs is 10. The summed E-state index contributed by atoms with van der Waals surface area (Å²) in [6, 6.07) is 62.6. The highest BCUT2D eigenvalue weighted by molar-refractivity contribution is 7.18. The molecule has 13 aromatic heterocycles. The largest absolute Gasteiger partial charge is 0.369 e. The summed E-state index contributed by atoms with van der Waals surface area (Å²) in [7, 11) is 2.17. The Morgan fingerprint density at radius 3 is 1.19 bits per heavy atom. The van der Waals surface area contributed by atoms with E-state index in [-0.39, 0.29) is 6.04 Å². The molecule has 20 aromatic rings. The van der Waals surface area contributed by atoms with E-state index in [4.69, 9.17) is 29.9 Å². The quantitative estimate of drug-likeness (QED) is 0.0403. The average Bonchev–Trinajstić information content (AvgIpc) is 1.42. The molecule has 7 aromatic carbocycles. The molecule has 118 heavy (non-hydrogen) atoms. The van der Waals surface area contributed by atoms with Crippen LogP contribution in [0.25, 0.3) is 84.5 Å². The summed E-state index contributed by atoms with van der Waals surface area (Å²) in [5.41, 5.74) is 20.3. The molecule has 2 aliphatic carbocycles. The molecular weight excluding hydrogens is 1550 g/mol. The van der Waals surface area contributed by atoms with Crippen molar-refractivity contribution < 1.29 is 0 Å². The predicted octanol–water partition coefficient (Wildman–Crippen LogP) is 19.9. The van der Waals surface area contributed by atoms with Crippen LogP contribution >= 0.6 is 45.3 Å². The first-order valence-electron chi connectivity index (χ1n) is 38.7. The highest BCUT2D eigenvalue weighted by Gasteiger charge is 2.25. The molecule has 27 nitrogen and oxygen atoms in total. The molecule has 582 valence electrons. The Hall–Kier alpha value is -14.1. The molecule has 1 fully saturated rings. The number of pyridine rings is 1. The Bertz CT molecular complexity index is 6910. The first-order chi connectivity index (χ1) is 58.2. The average molecular weight is 1630 g/mol. The Kier molecular flexibility index (Phi) is 20.1. The molecule has 31 heteroatoms. The Morgan fingerprint density at radius 2 is 0.746 bits per heavy atom. The molecule has 0 spiro atoms. The summed E-state index contributed by atoms with van der Waals surface area (Å²) in [6.45, 7) is 4.30. The standard InChI is InChI=1S/C24H24N8S.C23H20N6S.C22H18N6S.C18H13N7S/c1-31-9-11-32(12-10-31)19-5-2-17(3-6-19)27-24-28-21-8-13-33-22(21)23(29-24)26-18-4-7-20-16(14-18)15-25-30-20;1-2-6-17-14(4-1)5-3-7-19(17)26-23-27-20-10-11-30-21(20)22(28-23)25-16-8-9-18-15(12-16)13-24-29-18;1-2-4-14-10-17(9-13(14)3-1)25-22-26-19-7-8-29-20(19)21(27-22)24-16-5-6-18-15(11-16)12-23-28-18;1-2-14-11(10-20-25-14)9-13(1)21-17-16-15(5-8-26-16)23-18(24-17)22-12-3-6-19-7-4-12/h2-8,13-15H,9-12H2,1H3,(H,25,30)(H2,26,27,28,29);1-2,4,6,8-13,19H,3,5,7H2,(H,24,29)(H2,25,26,27,28);1-8,11-12,17H,9-10H2,(H,23,28)(H2,24,25,26,27);1-10H,(H,20,25)(H2,19,21,22,23,24). The van der Waals surface area contributed by atoms with E-state index in [1.807, 2.05) is 120 Å². The van der Waals surface area contributed by atoms with E-state index in [0.29, 0.717) is 29.8 Å². The first-order valence-corrected chi connectivity index (χ1v) is 42.2. The van der Waals surface area contributed by atoms with Crippen molar-refractivity contribution in [3.63, 3.8) is 0 Å². The van der Waals surface area contributed by atoms with Gasteiger partial charge in [-0.25, -0.2) is 19.9 Å². The summed E-state index contributed by atoms with van der Waals surface area (Å²) < 4.78 is 4.14. The molecule has 14 heterocycles. The summed E-state index contributed by atoms with van der Waals surface area (Å²) in [5.74, 6) is 5.64. The number of rotatable bonds is 17. The van der Waals surface area contributed by atoms with E-state index in [9.17, 15) is 0 Å². The Labute approximate surface area is 690 Å². The third kappa shape index (κ3) is 16.1. The molecular formula is C87H75N27S4. The minimum absolute atomic E-state index is 0.237. The van der Waals surface area contributed by atoms with Gasteiger partial charge in [-0.2, -0.15) is 40.3 Å². The molecule has 0 amide bonds. The third-order valence-electron chi connectivity index (χ3n) is 21.0. The molecule has 3 aliphatic rings. The van der Waals surface area contributed by atoms with Crippen LogP contribution < -0.4 is 47.4 Å². The molecule has 0 radical (unpaired) electrons. The lowest BCUT2D eigenvalue weighted by Crippen LogP contribution is -2.44. The monoisotopic (exact) mass is 1630 g/mol. The van der Waals surface area contributed by atoms with Gasteiger partial charge in [0.1, 0.15) is 0 Å². The van der Waals surface area contributed by atoms with Crippen molar-refractivity contribution in [3.05, 3.63) is 263 Å². The van der Waals surface area contributed by atoms with Gasteiger partial charge in [0, 0.05) is 106 Å². The first kappa shape index (κ1) is 72.8. The van der Waals surface area contributed by atoms with Gasteiger partial charge in [-0.1, -0.05) is 48.5 Å². The van der Waals surface area contributed by atoms with Gasteiger partial charge in [-0.05, 0) is 216 Å². The lowest BCUT2D eigenvalue weighted by Gasteiger charge is -2.34. The Morgan fingerprint density at radius 1 is 0.364 bits per heavy atom.